The van der Waals surface area contributed by atoms with Crippen LogP contribution >= 0.6 is 0 Å². The Kier molecular flexibility index (Phi) is 9.39. The van der Waals surface area contributed by atoms with Gasteiger partial charge in [-0.3, -0.25) is 9.59 Å². The third-order valence-electron chi connectivity index (χ3n) is 4.07. The zero-order valence-corrected chi connectivity index (χ0v) is 17.1. The van der Waals surface area contributed by atoms with E-state index in [2.05, 4.69) is 0 Å². The summed E-state index contributed by atoms with van der Waals surface area (Å²) in [6.07, 6.45) is 6.06. The third-order valence-corrected chi connectivity index (χ3v) is 4.07. The predicted octanol–water partition coefficient (Wildman–Crippen LogP) is 3.95. The fraction of sp³-hybridized carbons (Fsp3) is 0.167. The molecule has 0 fully saturated rings. The van der Waals surface area contributed by atoms with E-state index in [1.807, 2.05) is 0 Å². The quantitative estimate of drug-likeness (QED) is 0.234. The second-order valence-electron chi connectivity index (χ2n) is 6.64. The molecule has 0 amide bonds. The van der Waals surface area contributed by atoms with Crippen LogP contribution in [0.4, 0.5) is 0 Å². The lowest BCUT2D eigenvalue weighted by Crippen LogP contribution is -2.10. The summed E-state index contributed by atoms with van der Waals surface area (Å²) in [5.74, 6) is -2.26. The van der Waals surface area contributed by atoms with Gasteiger partial charge in [0.2, 0.25) is 0 Å². The summed E-state index contributed by atoms with van der Waals surface area (Å²) >= 11 is 0. The molecule has 2 aromatic rings. The van der Waals surface area contributed by atoms with Gasteiger partial charge >= 0.3 is 23.9 Å². The number of hydrogen-bond acceptors (Lipinski definition) is 6. The summed E-state index contributed by atoms with van der Waals surface area (Å²) in [7, 11) is 0. The molecule has 8 heteroatoms. The molecule has 0 heterocycles. The van der Waals surface area contributed by atoms with Gasteiger partial charge in [-0.15, -0.1) is 0 Å². The van der Waals surface area contributed by atoms with Crippen LogP contribution in [0.25, 0.3) is 12.2 Å². The van der Waals surface area contributed by atoms with Gasteiger partial charge in [-0.05, 0) is 60.4 Å². The molecule has 8 nitrogen and oxygen atoms in total. The van der Waals surface area contributed by atoms with E-state index in [1.165, 1.54) is 12.2 Å². The lowest BCUT2D eigenvalue weighted by molar-refractivity contribution is -0.136. The highest BCUT2D eigenvalue weighted by Crippen LogP contribution is 2.16. The Labute approximate surface area is 184 Å². The highest BCUT2D eigenvalue weighted by atomic mass is 16.5. The van der Waals surface area contributed by atoms with Crippen LogP contribution in [-0.2, 0) is 19.2 Å². The molecule has 0 radical (unpaired) electrons. The Morgan fingerprint density at radius 1 is 0.625 bits per heavy atom. The molecular formula is C24H22O8. The lowest BCUT2D eigenvalue weighted by Gasteiger charge is -2.06. The Hall–Kier alpha value is -4.20. The Bertz CT molecular complexity index is 918. The molecule has 2 aromatic carbocycles. The maximum Gasteiger partial charge on any atom is 0.328 e. The van der Waals surface area contributed by atoms with Crippen LogP contribution in [0.5, 0.6) is 11.5 Å². The number of unbranched alkanes of at least 4 members (excludes halogenated alkanes) is 1. The fourth-order valence-electron chi connectivity index (χ4n) is 2.53. The van der Waals surface area contributed by atoms with Crippen LogP contribution in [0.3, 0.4) is 0 Å². The van der Waals surface area contributed by atoms with Crippen LogP contribution in [0, 0.1) is 0 Å². The van der Waals surface area contributed by atoms with Crippen LogP contribution < -0.4 is 9.47 Å². The van der Waals surface area contributed by atoms with Crippen molar-refractivity contribution < 1.29 is 38.9 Å². The summed E-state index contributed by atoms with van der Waals surface area (Å²) in [4.78, 5) is 44.8. The monoisotopic (exact) mass is 438 g/mol. The Morgan fingerprint density at radius 3 is 1.28 bits per heavy atom. The maximum absolute atomic E-state index is 11.9. The van der Waals surface area contributed by atoms with Gasteiger partial charge in [-0.25, -0.2) is 9.59 Å². The van der Waals surface area contributed by atoms with Gasteiger partial charge < -0.3 is 19.7 Å². The highest BCUT2D eigenvalue weighted by molar-refractivity contribution is 5.85. The number of hydrogen-bond donors (Lipinski definition) is 2. The summed E-state index contributed by atoms with van der Waals surface area (Å²) in [6.45, 7) is 0. The first kappa shape index (κ1) is 24.1. The second kappa shape index (κ2) is 12.5. The van der Waals surface area contributed by atoms with Crippen molar-refractivity contribution >= 4 is 36.0 Å². The maximum atomic E-state index is 11.9. The van der Waals surface area contributed by atoms with Crippen molar-refractivity contribution in [1.29, 1.82) is 0 Å². The van der Waals surface area contributed by atoms with E-state index in [9.17, 15) is 19.2 Å². The first-order valence-corrected chi connectivity index (χ1v) is 9.75. The summed E-state index contributed by atoms with van der Waals surface area (Å²) in [5.41, 5.74) is 1.33. The topological polar surface area (TPSA) is 127 Å². The molecule has 0 aliphatic heterocycles. The molecule has 0 atom stereocenters. The Morgan fingerprint density at radius 2 is 0.969 bits per heavy atom. The Balaban J connectivity index is 1.67. The number of carboxylic acids is 2. The molecule has 0 aliphatic rings. The molecule has 0 aliphatic carbocycles. The van der Waals surface area contributed by atoms with Crippen LogP contribution in [0.15, 0.2) is 60.7 Å². The van der Waals surface area contributed by atoms with Gasteiger partial charge in [-0.2, -0.15) is 0 Å². The minimum atomic E-state index is -1.05. The van der Waals surface area contributed by atoms with Gasteiger partial charge in [0, 0.05) is 25.0 Å². The smallest absolute Gasteiger partial charge is 0.328 e. The molecule has 0 saturated heterocycles. The van der Waals surface area contributed by atoms with E-state index < -0.39 is 23.9 Å². The third kappa shape index (κ3) is 9.53. The van der Waals surface area contributed by atoms with Crippen molar-refractivity contribution in [2.24, 2.45) is 0 Å². The SMILES string of the molecule is O=C(O)/C=C/c1ccc(OC(=O)CCCCC(=O)Oc2ccc(/C=C/C(=O)O)cc2)cc1. The van der Waals surface area contributed by atoms with Crippen molar-refractivity contribution in [3.05, 3.63) is 71.8 Å². The molecule has 0 saturated carbocycles. The summed E-state index contributed by atoms with van der Waals surface area (Å²) in [6, 6.07) is 12.8. The summed E-state index contributed by atoms with van der Waals surface area (Å²) in [5, 5.41) is 17.2. The van der Waals surface area contributed by atoms with E-state index in [0.29, 0.717) is 35.5 Å². The number of carbonyl (C=O) groups excluding carboxylic acids is 2. The van der Waals surface area contributed by atoms with Gasteiger partial charge in [0.25, 0.3) is 0 Å². The zero-order valence-electron chi connectivity index (χ0n) is 17.1. The zero-order chi connectivity index (χ0) is 23.3. The van der Waals surface area contributed by atoms with E-state index >= 15 is 0 Å². The largest absolute Gasteiger partial charge is 0.478 e. The lowest BCUT2D eigenvalue weighted by atomic mass is 10.2. The van der Waals surface area contributed by atoms with Crippen LogP contribution in [0.1, 0.15) is 36.8 Å². The van der Waals surface area contributed by atoms with E-state index in [0.717, 1.165) is 12.2 Å². The molecule has 32 heavy (non-hydrogen) atoms. The molecule has 2 N–H and O–H groups in total. The van der Waals surface area contributed by atoms with Gasteiger partial charge in [0.1, 0.15) is 11.5 Å². The minimum absolute atomic E-state index is 0.137. The number of benzene rings is 2. The van der Waals surface area contributed by atoms with E-state index in [1.54, 1.807) is 48.5 Å². The normalized spacial score (nSPS) is 10.9. The first-order chi connectivity index (χ1) is 15.3. The average molecular weight is 438 g/mol. The average Bonchev–Trinajstić information content (AvgIpc) is 2.75. The molecule has 166 valence electrons. The van der Waals surface area contributed by atoms with Gasteiger partial charge in [0.05, 0.1) is 0 Å². The first-order valence-electron chi connectivity index (χ1n) is 9.75. The minimum Gasteiger partial charge on any atom is -0.478 e. The van der Waals surface area contributed by atoms with Gasteiger partial charge in [0.15, 0.2) is 0 Å². The van der Waals surface area contributed by atoms with Crippen molar-refractivity contribution in [2.75, 3.05) is 0 Å². The van der Waals surface area contributed by atoms with Crippen LogP contribution in [-0.4, -0.2) is 34.1 Å². The van der Waals surface area contributed by atoms with E-state index in [-0.39, 0.29) is 12.8 Å². The standard InChI is InChI=1S/C24H22O8/c25-21(26)15-9-17-5-11-19(12-6-17)31-23(29)3-1-2-4-24(30)32-20-13-7-18(8-14-20)10-16-22(27)28/h5-16H,1-4H2,(H,25,26)(H,27,28)/b15-9+,16-10+. The number of aliphatic carboxylic acids is 2. The van der Waals surface area contributed by atoms with Crippen molar-refractivity contribution in [2.45, 2.75) is 25.7 Å². The number of rotatable bonds is 11. The molecular weight excluding hydrogens is 416 g/mol. The fourth-order valence-corrected chi connectivity index (χ4v) is 2.53. The molecule has 2 rings (SSSR count). The van der Waals surface area contributed by atoms with Gasteiger partial charge in [-0.1, -0.05) is 24.3 Å². The highest BCUT2D eigenvalue weighted by Gasteiger charge is 2.08. The number of carboxylic acid groups (broad SMARTS) is 2. The number of carbonyl (C=O) groups is 4. The number of esters is 2. The predicted molar refractivity (Wildman–Crippen MR) is 116 cm³/mol. The molecule has 0 spiro atoms. The van der Waals surface area contributed by atoms with Crippen molar-refractivity contribution in [1.82, 2.24) is 0 Å². The number of ether oxygens (including phenoxy) is 2. The van der Waals surface area contributed by atoms with E-state index in [4.69, 9.17) is 19.7 Å². The van der Waals surface area contributed by atoms with Crippen molar-refractivity contribution in [3.8, 4) is 11.5 Å². The molecule has 0 bridgehead atoms. The molecule has 0 aromatic heterocycles. The summed E-state index contributed by atoms with van der Waals surface area (Å²) < 4.78 is 10.4. The van der Waals surface area contributed by atoms with Crippen LogP contribution in [0.2, 0.25) is 0 Å². The molecule has 0 unspecified atom stereocenters. The van der Waals surface area contributed by atoms with Crippen molar-refractivity contribution in [3.63, 3.8) is 0 Å². The second-order valence-corrected chi connectivity index (χ2v) is 6.64.